The van der Waals surface area contributed by atoms with Crippen LogP contribution >= 0.6 is 0 Å². The summed E-state index contributed by atoms with van der Waals surface area (Å²) in [6.07, 6.45) is 2.97. The molecule has 1 atom stereocenters. The van der Waals surface area contributed by atoms with Crippen LogP contribution in [0, 0.1) is 11.6 Å². The summed E-state index contributed by atoms with van der Waals surface area (Å²) in [6, 6.07) is 5.27. The number of benzene rings is 1. The number of aromatic nitrogens is 4. The van der Waals surface area contributed by atoms with Crippen molar-refractivity contribution in [1.29, 1.82) is 0 Å². The molecule has 27 heavy (non-hydrogen) atoms. The third-order valence-corrected chi connectivity index (χ3v) is 4.17. The van der Waals surface area contributed by atoms with Gasteiger partial charge in [0.2, 0.25) is 0 Å². The molecule has 1 aromatic carbocycles. The Morgan fingerprint density at radius 1 is 1.26 bits per heavy atom. The van der Waals surface area contributed by atoms with Crippen molar-refractivity contribution in [2.75, 3.05) is 18.0 Å². The number of carbonyl (C=O) groups excluding carboxylic acids is 1. The number of cyclic esters (lactones) is 1. The zero-order chi connectivity index (χ0) is 19.0. The molecule has 2 N–H and O–H groups in total. The van der Waals surface area contributed by atoms with Crippen molar-refractivity contribution in [1.82, 2.24) is 19.7 Å². The topological polar surface area (TPSA) is 99.2 Å². The number of nitrogens with zero attached hydrogens (tertiary/aromatic N) is 5. The van der Waals surface area contributed by atoms with E-state index in [1.165, 1.54) is 29.6 Å². The summed E-state index contributed by atoms with van der Waals surface area (Å²) in [6.45, 7) is 0.275. The van der Waals surface area contributed by atoms with Crippen molar-refractivity contribution in [2.45, 2.75) is 6.10 Å². The lowest BCUT2D eigenvalue weighted by atomic mass is 10.1. The molecule has 3 aromatic rings. The Hall–Kier alpha value is -3.40. The highest BCUT2D eigenvalue weighted by atomic mass is 19.1. The fourth-order valence-corrected chi connectivity index (χ4v) is 2.84. The number of carbonyl (C=O) groups is 1. The Morgan fingerprint density at radius 3 is 2.59 bits per heavy atom. The second-order valence-electron chi connectivity index (χ2n) is 5.88. The SMILES string of the molecule is NCC1CN(c2cc(F)c(-c3ccc(-n4cncn4)nc3)c(F)c2)C(=O)O1. The normalized spacial score (nSPS) is 16.6. The third-order valence-electron chi connectivity index (χ3n) is 4.17. The lowest BCUT2D eigenvalue weighted by Gasteiger charge is -2.15. The van der Waals surface area contributed by atoms with Gasteiger partial charge in [-0.3, -0.25) is 4.90 Å². The first-order valence-electron chi connectivity index (χ1n) is 8.05. The molecule has 1 aliphatic rings. The maximum Gasteiger partial charge on any atom is 0.414 e. The Kier molecular flexibility index (Phi) is 4.24. The summed E-state index contributed by atoms with van der Waals surface area (Å²) in [5.74, 6) is -1.17. The van der Waals surface area contributed by atoms with E-state index < -0.39 is 23.8 Å². The van der Waals surface area contributed by atoms with Gasteiger partial charge in [-0.2, -0.15) is 5.10 Å². The molecule has 1 amide bonds. The number of anilines is 1. The molecule has 0 spiro atoms. The van der Waals surface area contributed by atoms with Gasteiger partial charge in [0.1, 0.15) is 30.4 Å². The van der Waals surface area contributed by atoms with Crippen LogP contribution in [0.5, 0.6) is 0 Å². The van der Waals surface area contributed by atoms with Crippen LogP contribution in [0.4, 0.5) is 19.3 Å². The van der Waals surface area contributed by atoms with Crippen LogP contribution in [0.3, 0.4) is 0 Å². The molecule has 10 heteroatoms. The second-order valence-corrected chi connectivity index (χ2v) is 5.88. The Bertz CT molecular complexity index is 955. The fourth-order valence-electron chi connectivity index (χ4n) is 2.84. The highest BCUT2D eigenvalue weighted by Crippen LogP contribution is 2.31. The van der Waals surface area contributed by atoms with Crippen molar-refractivity contribution < 1.29 is 18.3 Å². The number of pyridine rings is 1. The number of nitrogens with two attached hydrogens (primary N) is 1. The van der Waals surface area contributed by atoms with Gasteiger partial charge in [0, 0.05) is 18.3 Å². The van der Waals surface area contributed by atoms with E-state index >= 15 is 0 Å². The van der Waals surface area contributed by atoms with Crippen molar-refractivity contribution in [3.05, 3.63) is 54.8 Å². The lowest BCUT2D eigenvalue weighted by Crippen LogP contribution is -2.27. The predicted octanol–water partition coefficient (Wildman–Crippen LogP) is 1.89. The maximum atomic E-state index is 14.6. The number of amides is 1. The minimum Gasteiger partial charge on any atom is -0.443 e. The molecule has 1 fully saturated rings. The van der Waals surface area contributed by atoms with E-state index in [0.717, 1.165) is 17.0 Å². The van der Waals surface area contributed by atoms with Gasteiger partial charge in [-0.15, -0.1) is 0 Å². The molecule has 0 saturated carbocycles. The van der Waals surface area contributed by atoms with Crippen LogP contribution in [0.1, 0.15) is 0 Å². The average Bonchev–Trinajstić information content (AvgIpc) is 3.31. The fraction of sp³-hybridized carbons (Fsp3) is 0.176. The van der Waals surface area contributed by atoms with Crippen LogP contribution in [-0.4, -0.2) is 45.0 Å². The minimum atomic E-state index is -0.815. The van der Waals surface area contributed by atoms with Gasteiger partial charge in [0.15, 0.2) is 5.82 Å². The van der Waals surface area contributed by atoms with Gasteiger partial charge < -0.3 is 10.5 Å². The molecule has 1 unspecified atom stereocenters. The standard InChI is InChI=1S/C17H14F2N6O2/c18-13-3-11(24-7-12(5-20)27-17(24)26)4-14(19)16(13)10-1-2-15(22-6-10)25-9-21-8-23-25/h1-4,6,8-9,12H,5,7,20H2. The predicted molar refractivity (Wildman–Crippen MR) is 91.2 cm³/mol. The summed E-state index contributed by atoms with van der Waals surface area (Å²) in [7, 11) is 0. The zero-order valence-corrected chi connectivity index (χ0v) is 13.9. The minimum absolute atomic E-state index is 0.0712. The van der Waals surface area contributed by atoms with Gasteiger partial charge >= 0.3 is 6.09 Å². The first-order chi connectivity index (χ1) is 13.1. The van der Waals surface area contributed by atoms with E-state index in [0.29, 0.717) is 5.82 Å². The number of hydrogen-bond acceptors (Lipinski definition) is 6. The van der Waals surface area contributed by atoms with E-state index in [1.807, 2.05) is 0 Å². The summed E-state index contributed by atoms with van der Waals surface area (Å²) in [4.78, 5) is 21.0. The van der Waals surface area contributed by atoms with Gasteiger partial charge in [-0.25, -0.2) is 28.2 Å². The van der Waals surface area contributed by atoms with Gasteiger partial charge in [-0.05, 0) is 24.3 Å². The molecular formula is C17H14F2N6O2. The van der Waals surface area contributed by atoms with Crippen molar-refractivity contribution >= 4 is 11.8 Å². The van der Waals surface area contributed by atoms with E-state index in [4.69, 9.17) is 10.5 Å². The first kappa shape index (κ1) is 17.0. The van der Waals surface area contributed by atoms with Crippen LogP contribution in [0.25, 0.3) is 16.9 Å². The van der Waals surface area contributed by atoms with Crippen LogP contribution in [0.2, 0.25) is 0 Å². The highest BCUT2D eigenvalue weighted by Gasteiger charge is 2.32. The molecule has 1 aliphatic heterocycles. The van der Waals surface area contributed by atoms with Gasteiger partial charge in [0.25, 0.3) is 0 Å². The molecular weight excluding hydrogens is 358 g/mol. The molecule has 0 bridgehead atoms. The third kappa shape index (κ3) is 3.10. The number of halogens is 2. The van der Waals surface area contributed by atoms with E-state index in [2.05, 4.69) is 15.1 Å². The van der Waals surface area contributed by atoms with Crippen LogP contribution in [0.15, 0.2) is 43.1 Å². The van der Waals surface area contributed by atoms with E-state index in [1.54, 1.807) is 6.07 Å². The molecule has 8 nitrogen and oxygen atoms in total. The number of rotatable bonds is 4. The zero-order valence-electron chi connectivity index (χ0n) is 13.9. The monoisotopic (exact) mass is 372 g/mol. The Balaban J connectivity index is 1.65. The molecule has 4 rings (SSSR count). The number of hydrogen-bond donors (Lipinski definition) is 1. The number of ether oxygens (including phenoxy) is 1. The van der Waals surface area contributed by atoms with Crippen molar-refractivity contribution in [3.8, 4) is 16.9 Å². The van der Waals surface area contributed by atoms with E-state index in [-0.39, 0.29) is 29.9 Å². The van der Waals surface area contributed by atoms with Crippen molar-refractivity contribution in [3.63, 3.8) is 0 Å². The maximum absolute atomic E-state index is 14.6. The van der Waals surface area contributed by atoms with E-state index in [9.17, 15) is 13.6 Å². The molecule has 1 saturated heterocycles. The lowest BCUT2D eigenvalue weighted by molar-refractivity contribution is 0.145. The summed E-state index contributed by atoms with van der Waals surface area (Å²) < 4.78 is 35.7. The smallest absolute Gasteiger partial charge is 0.414 e. The molecule has 0 radical (unpaired) electrons. The van der Waals surface area contributed by atoms with Gasteiger partial charge in [-0.1, -0.05) is 0 Å². The quantitative estimate of drug-likeness (QED) is 0.751. The summed E-state index contributed by atoms with van der Waals surface area (Å²) in [5, 5.41) is 3.94. The Morgan fingerprint density at radius 2 is 2.04 bits per heavy atom. The van der Waals surface area contributed by atoms with Crippen molar-refractivity contribution in [2.24, 2.45) is 5.73 Å². The molecule has 0 aliphatic carbocycles. The second kappa shape index (κ2) is 6.72. The van der Waals surface area contributed by atoms with Gasteiger partial charge in [0.05, 0.1) is 17.8 Å². The first-order valence-corrected chi connectivity index (χ1v) is 8.05. The average molecular weight is 372 g/mol. The molecule has 138 valence electrons. The summed E-state index contributed by atoms with van der Waals surface area (Å²) in [5.41, 5.74) is 5.56. The molecule has 2 aromatic heterocycles. The summed E-state index contributed by atoms with van der Waals surface area (Å²) >= 11 is 0. The molecule has 3 heterocycles. The Labute approximate surface area is 152 Å². The highest BCUT2D eigenvalue weighted by molar-refractivity contribution is 5.90. The van der Waals surface area contributed by atoms with Crippen LogP contribution in [-0.2, 0) is 4.74 Å². The largest absolute Gasteiger partial charge is 0.443 e. The van der Waals surface area contributed by atoms with Crippen LogP contribution < -0.4 is 10.6 Å².